The van der Waals surface area contributed by atoms with Crippen LogP contribution in [0.5, 0.6) is 0 Å². The van der Waals surface area contributed by atoms with Gasteiger partial charge in [0.15, 0.2) is 0 Å². The second kappa shape index (κ2) is 5.47. The molecule has 0 N–H and O–H groups in total. The quantitative estimate of drug-likeness (QED) is 0.672. The van der Waals surface area contributed by atoms with Crippen LogP contribution in [0.15, 0.2) is 30.2 Å². The summed E-state index contributed by atoms with van der Waals surface area (Å²) in [6.07, 6.45) is 2.23. The molecule has 0 saturated carbocycles. The molecule has 1 heteroatoms. The fourth-order valence-electron chi connectivity index (χ4n) is 0.762. The van der Waals surface area contributed by atoms with Gasteiger partial charge >= 0.3 is 0 Å². The van der Waals surface area contributed by atoms with E-state index >= 15 is 0 Å². The molecule has 0 heterocycles. The van der Waals surface area contributed by atoms with E-state index in [0.717, 1.165) is 6.92 Å². The number of hydrogen-bond acceptors (Lipinski definition) is 1. The fourth-order valence-corrected chi connectivity index (χ4v) is 0.762. The van der Waals surface area contributed by atoms with Gasteiger partial charge in [-0.3, -0.25) is 4.90 Å². The van der Waals surface area contributed by atoms with E-state index in [4.69, 9.17) is 22.9 Å². The van der Waals surface area contributed by atoms with Gasteiger partial charge in [0.25, 0.3) is 0 Å². The van der Waals surface area contributed by atoms with Gasteiger partial charge in [0.2, 0.25) is 0 Å². The van der Waals surface area contributed by atoms with Crippen LogP contribution in [0.1, 0.15) is 28.9 Å². The van der Waals surface area contributed by atoms with E-state index in [-0.39, 0.29) is 4.90 Å². The Balaban J connectivity index is 3.72. The molecule has 0 aliphatic rings. The highest BCUT2D eigenvalue weighted by molar-refractivity contribution is 5.15. The van der Waals surface area contributed by atoms with Gasteiger partial charge in [-0.2, -0.15) is 0 Å². The van der Waals surface area contributed by atoms with Crippen molar-refractivity contribution in [2.24, 2.45) is 0 Å². The van der Waals surface area contributed by atoms with Gasteiger partial charge < -0.3 is 0 Å². The zero-order valence-corrected chi connectivity index (χ0v) is 7.60. The third-order valence-electron chi connectivity index (χ3n) is 1.43. The predicted octanol–water partition coefficient (Wildman–Crippen LogP) is 2.18. The Bertz CT molecular complexity index is 716. The van der Waals surface area contributed by atoms with Gasteiger partial charge in [0.1, 0.15) is 0 Å². The number of nitrogens with zero attached hydrogens (tertiary/aromatic N) is 1. The SMILES string of the molecule is [2H]c1c([2H])c([2H])c(C([2H])([2H])[C@@H](C)N(C([2H])([2H])[2H])C([2H])([2H])C#C)c([2H])c1[2H]. The molecule has 0 radical (unpaired) electrons. The third-order valence-corrected chi connectivity index (χ3v) is 1.43. The van der Waals surface area contributed by atoms with Crippen LogP contribution in [0.2, 0.25) is 0 Å². The van der Waals surface area contributed by atoms with Crippen LogP contribution in [-0.2, 0) is 6.37 Å². The van der Waals surface area contributed by atoms with Crippen molar-refractivity contribution in [1.82, 2.24) is 4.90 Å². The van der Waals surface area contributed by atoms with E-state index in [9.17, 15) is 0 Å². The Morgan fingerprint density at radius 1 is 1.64 bits per heavy atom. The molecule has 1 nitrogen and oxygen atoms in total. The van der Waals surface area contributed by atoms with Gasteiger partial charge in [-0.1, -0.05) is 36.1 Å². The van der Waals surface area contributed by atoms with Crippen molar-refractivity contribution in [3.05, 3.63) is 35.8 Å². The largest absolute Gasteiger partial charge is 0.292 e. The summed E-state index contributed by atoms with van der Waals surface area (Å²) >= 11 is 0. The second-order valence-electron chi connectivity index (χ2n) is 2.45. The Kier molecular flexibility index (Phi) is 1.12. The topological polar surface area (TPSA) is 3.24 Å². The van der Waals surface area contributed by atoms with Crippen LogP contribution in [0.25, 0.3) is 0 Å². The smallest absolute Gasteiger partial charge is 0.0626 e. The monoisotopic (exact) mass is 199 g/mol. The van der Waals surface area contributed by atoms with E-state index in [0.29, 0.717) is 0 Å². The van der Waals surface area contributed by atoms with Crippen molar-refractivity contribution in [3.8, 4) is 12.3 Å². The van der Waals surface area contributed by atoms with Crippen molar-refractivity contribution >= 4 is 0 Å². The molecular formula is C13H17N. The summed E-state index contributed by atoms with van der Waals surface area (Å²) < 4.78 is 93.1. The summed E-state index contributed by atoms with van der Waals surface area (Å²) in [6.45, 7) is -4.98. The number of hydrogen-bond donors (Lipinski definition) is 0. The lowest BCUT2D eigenvalue weighted by Crippen LogP contribution is -2.31. The van der Waals surface area contributed by atoms with E-state index in [1.165, 1.54) is 0 Å². The maximum absolute atomic E-state index is 8.26. The Labute approximate surface area is 104 Å². The molecule has 0 spiro atoms. The Morgan fingerprint density at radius 3 is 2.93 bits per heavy atom. The van der Waals surface area contributed by atoms with Crippen molar-refractivity contribution in [2.45, 2.75) is 19.3 Å². The minimum absolute atomic E-state index is 0.140. The Morgan fingerprint density at radius 2 is 2.36 bits per heavy atom. The molecule has 1 aromatic carbocycles. The minimum Gasteiger partial charge on any atom is -0.292 e. The highest BCUT2D eigenvalue weighted by atomic mass is 15.1. The summed E-state index contributed by atoms with van der Waals surface area (Å²) in [4.78, 5) is 0.140. The molecule has 0 fully saturated rings. The first kappa shape index (κ1) is 2.87. The van der Waals surface area contributed by atoms with E-state index < -0.39 is 61.7 Å². The first-order valence-corrected chi connectivity index (χ1v) is 3.86. The molecule has 0 amide bonds. The Hall–Kier alpha value is -1.26. The number of terminal acetylenes is 1. The van der Waals surface area contributed by atoms with Crippen LogP contribution in [0, 0.1) is 12.3 Å². The van der Waals surface area contributed by atoms with Crippen LogP contribution >= 0.6 is 0 Å². The van der Waals surface area contributed by atoms with E-state index in [2.05, 4.69) is 0 Å². The van der Waals surface area contributed by atoms with Gasteiger partial charge in [0.05, 0.1) is 16.1 Å². The zero-order valence-electron chi connectivity index (χ0n) is 19.6. The predicted molar refractivity (Wildman–Crippen MR) is 61.1 cm³/mol. The maximum atomic E-state index is 8.26. The van der Waals surface area contributed by atoms with Crippen molar-refractivity contribution in [3.63, 3.8) is 0 Å². The standard InChI is InChI=1S/C13H17N/c1-4-10-14(3)12(2)11-13-8-6-5-7-9-13/h1,5-9,12H,10-11H2,2-3H3/t12-/m1/s1/i3D3,5D,6D,7D,8D,9D,10D2,11D2. The summed E-state index contributed by atoms with van der Waals surface area (Å²) in [7, 11) is 0. The molecule has 74 valence electrons. The lowest BCUT2D eigenvalue weighted by molar-refractivity contribution is 0.287. The van der Waals surface area contributed by atoms with Gasteiger partial charge in [-0.05, 0) is 25.8 Å². The molecule has 1 aromatic rings. The summed E-state index contributed by atoms with van der Waals surface area (Å²) in [6, 6.07) is -5.74. The molecule has 0 saturated heterocycles. The van der Waals surface area contributed by atoms with Crippen LogP contribution < -0.4 is 0 Å². The average molecular weight is 199 g/mol. The highest BCUT2D eigenvalue weighted by Crippen LogP contribution is 2.06. The zero-order chi connectivity index (χ0) is 20.8. The molecule has 14 heavy (non-hydrogen) atoms. The third kappa shape index (κ3) is 3.24. The molecule has 0 aliphatic heterocycles. The number of likely N-dealkylation sites (N-methyl/N-ethyl adjacent to an activating group) is 1. The van der Waals surface area contributed by atoms with Crippen LogP contribution in [-0.4, -0.2) is 24.4 Å². The molecule has 0 bridgehead atoms. The van der Waals surface area contributed by atoms with Crippen LogP contribution in [0.4, 0.5) is 0 Å². The highest BCUT2D eigenvalue weighted by Gasteiger charge is 2.07. The maximum Gasteiger partial charge on any atom is 0.0626 e. The van der Waals surface area contributed by atoms with Gasteiger partial charge in [-0.15, -0.1) is 6.42 Å². The van der Waals surface area contributed by atoms with Crippen molar-refractivity contribution < 1.29 is 16.4 Å². The summed E-state index contributed by atoms with van der Waals surface area (Å²) in [5.41, 5.74) is -0.766. The molecule has 0 unspecified atom stereocenters. The number of rotatable bonds is 4. The fraction of sp³-hybridized carbons (Fsp3) is 0.385. The van der Waals surface area contributed by atoms with Crippen molar-refractivity contribution in [2.75, 3.05) is 13.5 Å². The summed E-state index contributed by atoms with van der Waals surface area (Å²) in [5.74, 6) is 1.65. The molecule has 1 rings (SSSR count). The molecule has 1 atom stereocenters. The minimum atomic E-state index is -3.14. The molecule has 0 aliphatic carbocycles. The average Bonchev–Trinajstić information content (AvgIpc) is 2.49. The summed E-state index contributed by atoms with van der Waals surface area (Å²) in [5, 5.41) is 0. The lowest BCUT2D eigenvalue weighted by atomic mass is 10.1. The first-order valence-electron chi connectivity index (χ1n) is 9.86. The van der Waals surface area contributed by atoms with Gasteiger partial charge in [-0.25, -0.2) is 0 Å². The first-order chi connectivity index (χ1) is 11.5. The van der Waals surface area contributed by atoms with Gasteiger partial charge in [0, 0.05) is 12.9 Å². The normalized spacial score (nSPS) is 27.8. The molecular weight excluding hydrogens is 170 g/mol. The van der Waals surface area contributed by atoms with Crippen LogP contribution in [0.3, 0.4) is 0 Å². The van der Waals surface area contributed by atoms with E-state index in [1.54, 1.807) is 5.92 Å². The second-order valence-corrected chi connectivity index (χ2v) is 2.45. The number of benzene rings is 1. The molecule has 0 aromatic heterocycles. The van der Waals surface area contributed by atoms with E-state index in [1.807, 2.05) is 0 Å². The lowest BCUT2D eigenvalue weighted by Gasteiger charge is -2.22. The van der Waals surface area contributed by atoms with Crippen molar-refractivity contribution in [1.29, 1.82) is 0 Å².